The van der Waals surface area contributed by atoms with Crippen LogP contribution in [0.5, 0.6) is 0 Å². The van der Waals surface area contributed by atoms with Crippen LogP contribution in [0.25, 0.3) is 0 Å². The van der Waals surface area contributed by atoms with E-state index in [1.165, 1.54) is 11.1 Å². The number of aliphatic hydroxyl groups excluding tert-OH is 1. The summed E-state index contributed by atoms with van der Waals surface area (Å²) in [6, 6.07) is 0. The Kier molecular flexibility index (Phi) is 22.5. The van der Waals surface area contributed by atoms with E-state index in [0.717, 1.165) is 12.8 Å². The molecule has 2 heterocycles. The average molecular weight is 846 g/mol. The maximum atomic E-state index is 10.4. The molecule has 0 aromatic carbocycles. The standard InChI is InChI=1S/C13H25BIO2PS.C12H23BIO3PS.CH4/c1-8(7-15)13-11(4)9(2)10(3)12(17-13)5-6-16-14(18)19;1-7(6-14)12-9(3)11(15)8(2)10(17-12)4-5-16-13(18)19;/h7,9-13,19H,5-6,18H2,1-4H3;6,8-12,15,19H,4-5,18H2,1-3H3;1H4/b8-7+;7-6+;/t9-,10+,11+,12+,13-;8-,9+,10+,11-,12-;/m00./s1. The molecule has 2 unspecified atom stereocenters. The Bertz CT molecular complexity index is 697. The predicted molar refractivity (Wildman–Crippen MR) is 201 cm³/mol. The van der Waals surface area contributed by atoms with Crippen molar-refractivity contribution in [2.45, 2.75) is 99.3 Å². The van der Waals surface area contributed by atoms with Crippen LogP contribution in [0.1, 0.15) is 68.7 Å². The molecule has 39 heavy (non-hydrogen) atoms. The van der Waals surface area contributed by atoms with Crippen molar-refractivity contribution < 1.29 is 23.9 Å². The van der Waals surface area contributed by atoms with Crippen molar-refractivity contribution in [2.24, 2.45) is 29.6 Å². The zero-order valence-corrected chi connectivity index (χ0v) is 32.2. The minimum absolute atomic E-state index is 0. The van der Waals surface area contributed by atoms with Gasteiger partial charge in [-0.2, -0.15) is 25.0 Å². The van der Waals surface area contributed by atoms with Gasteiger partial charge >= 0.3 is 11.8 Å². The van der Waals surface area contributed by atoms with Crippen LogP contribution in [0.2, 0.25) is 0 Å². The Morgan fingerprint density at radius 2 is 1.15 bits per heavy atom. The van der Waals surface area contributed by atoms with Gasteiger partial charge in [0.1, 0.15) is 0 Å². The van der Waals surface area contributed by atoms with Gasteiger partial charge in [0.25, 0.3) is 0 Å². The number of thiol groups is 2. The largest absolute Gasteiger partial charge is 0.422 e. The summed E-state index contributed by atoms with van der Waals surface area (Å²) < 4.78 is 27.6. The maximum Gasteiger partial charge on any atom is 0.380 e. The number of hydrogen-bond donors (Lipinski definition) is 3. The molecule has 0 amide bonds. The third kappa shape index (κ3) is 13.5. The van der Waals surface area contributed by atoms with E-state index in [1.54, 1.807) is 0 Å². The minimum atomic E-state index is -0.335. The lowest BCUT2D eigenvalue weighted by molar-refractivity contribution is -0.153. The quantitative estimate of drug-likeness (QED) is 0.0910. The molecule has 0 radical (unpaired) electrons. The Labute approximate surface area is 283 Å². The number of rotatable bonds is 10. The molecule has 1 N–H and O–H groups in total. The van der Waals surface area contributed by atoms with Crippen LogP contribution >= 0.6 is 88.4 Å². The van der Waals surface area contributed by atoms with E-state index >= 15 is 0 Å². The molecule has 2 aliphatic rings. The summed E-state index contributed by atoms with van der Waals surface area (Å²) in [7, 11) is 5.03. The summed E-state index contributed by atoms with van der Waals surface area (Å²) in [5.41, 5.74) is 2.50. The lowest BCUT2D eigenvalue weighted by atomic mass is 9.74. The van der Waals surface area contributed by atoms with Crippen LogP contribution in [0.15, 0.2) is 19.3 Å². The van der Waals surface area contributed by atoms with Gasteiger partial charge in [-0.1, -0.05) is 87.2 Å². The van der Waals surface area contributed by atoms with Crippen LogP contribution in [0.4, 0.5) is 0 Å². The molecule has 2 saturated heterocycles. The van der Waals surface area contributed by atoms with Gasteiger partial charge in [-0.05, 0) is 63.8 Å². The molecule has 2 aliphatic heterocycles. The first-order valence-electron chi connectivity index (χ1n) is 13.4. The summed E-state index contributed by atoms with van der Waals surface area (Å²) in [5, 5.41) is 10.4. The molecule has 2 fully saturated rings. The van der Waals surface area contributed by atoms with Crippen LogP contribution in [0.3, 0.4) is 0 Å². The second-order valence-corrected chi connectivity index (χ2v) is 15.4. The van der Waals surface area contributed by atoms with Gasteiger partial charge in [-0.15, -0.1) is 18.2 Å². The highest BCUT2D eigenvalue weighted by atomic mass is 127. The van der Waals surface area contributed by atoms with Gasteiger partial charge in [0, 0.05) is 25.0 Å². The normalized spacial score (nSPS) is 35.4. The van der Waals surface area contributed by atoms with E-state index in [-0.39, 0.29) is 61.6 Å². The fourth-order valence-electron chi connectivity index (χ4n) is 5.28. The Balaban J connectivity index is 0.000000722. The number of halogens is 2. The number of hydrogen-bond acceptors (Lipinski definition) is 7. The van der Waals surface area contributed by atoms with Crippen molar-refractivity contribution in [1.29, 1.82) is 0 Å². The molecular weight excluding hydrogens is 794 g/mol. The van der Waals surface area contributed by atoms with Gasteiger partial charge in [-0.25, -0.2) is 0 Å². The van der Waals surface area contributed by atoms with Crippen molar-refractivity contribution in [3.8, 4) is 0 Å². The summed E-state index contributed by atoms with van der Waals surface area (Å²) in [4.78, 5) is 0. The van der Waals surface area contributed by atoms with E-state index in [4.69, 9.17) is 18.8 Å². The van der Waals surface area contributed by atoms with E-state index < -0.39 is 0 Å². The zero-order valence-electron chi connectivity index (χ0n) is 23.8. The maximum absolute atomic E-state index is 10.4. The average Bonchev–Trinajstić information content (AvgIpc) is 2.87. The second kappa shape index (κ2) is 21.2. The van der Waals surface area contributed by atoms with Crippen molar-refractivity contribution in [3.05, 3.63) is 19.3 Å². The van der Waals surface area contributed by atoms with Crippen LogP contribution < -0.4 is 0 Å². The molecule has 228 valence electrons. The Hall–Kier alpha value is 2.43. The van der Waals surface area contributed by atoms with Crippen LogP contribution in [-0.4, -0.2) is 60.7 Å². The minimum Gasteiger partial charge on any atom is -0.422 e. The highest BCUT2D eigenvalue weighted by molar-refractivity contribution is 14.1. The van der Waals surface area contributed by atoms with Gasteiger partial charge < -0.3 is 23.9 Å². The first-order chi connectivity index (χ1) is 17.8. The highest BCUT2D eigenvalue weighted by Crippen LogP contribution is 2.39. The zero-order chi connectivity index (χ0) is 29.2. The molecule has 0 aromatic rings. The van der Waals surface area contributed by atoms with Crippen LogP contribution in [0, 0.1) is 29.6 Å². The van der Waals surface area contributed by atoms with E-state index in [9.17, 15) is 5.11 Å². The fourth-order valence-corrected chi connectivity index (χ4v) is 6.47. The van der Waals surface area contributed by atoms with Gasteiger partial charge in [-0.3, -0.25) is 0 Å². The fraction of sp³-hybridized carbons (Fsp3) is 0.846. The van der Waals surface area contributed by atoms with E-state index in [0.29, 0.717) is 31.0 Å². The van der Waals surface area contributed by atoms with Gasteiger partial charge in [0.2, 0.25) is 0 Å². The number of aliphatic hydroxyl groups is 1. The summed E-state index contributed by atoms with van der Waals surface area (Å²) >= 11 is 12.9. The predicted octanol–water partition coefficient (Wildman–Crippen LogP) is 7.76. The molecule has 12 atom stereocenters. The molecule has 13 heteroatoms. The lowest BCUT2D eigenvalue weighted by Crippen LogP contribution is -2.49. The highest BCUT2D eigenvalue weighted by Gasteiger charge is 2.41. The lowest BCUT2D eigenvalue weighted by Gasteiger charge is -2.44. The van der Waals surface area contributed by atoms with Crippen molar-refractivity contribution in [1.82, 2.24) is 0 Å². The molecule has 0 saturated carbocycles. The molecule has 0 bridgehead atoms. The van der Waals surface area contributed by atoms with Crippen molar-refractivity contribution in [2.75, 3.05) is 13.2 Å². The molecule has 0 aliphatic carbocycles. The topological polar surface area (TPSA) is 57.2 Å². The summed E-state index contributed by atoms with van der Waals surface area (Å²) in [5.74, 6) is 1.82. The Morgan fingerprint density at radius 1 is 0.769 bits per heavy atom. The first-order valence-corrected chi connectivity index (χ1v) is 18.3. The molecule has 5 nitrogen and oxygen atoms in total. The molecular formula is C26H52B2I2O5P2S2. The second-order valence-electron chi connectivity index (χ2n) is 10.8. The van der Waals surface area contributed by atoms with Crippen molar-refractivity contribution in [3.63, 3.8) is 0 Å². The van der Waals surface area contributed by atoms with E-state index in [2.05, 4.69) is 134 Å². The molecule has 0 aromatic heterocycles. The third-order valence-corrected chi connectivity index (χ3v) is 10.8. The Morgan fingerprint density at radius 3 is 1.54 bits per heavy atom. The number of ether oxygens (including phenoxy) is 2. The smallest absolute Gasteiger partial charge is 0.380 e. The van der Waals surface area contributed by atoms with Gasteiger partial charge in [0.15, 0.2) is 0 Å². The summed E-state index contributed by atoms with van der Waals surface area (Å²) in [6.07, 6.45) is 1.93. The van der Waals surface area contributed by atoms with Gasteiger partial charge in [0.05, 0.1) is 30.5 Å². The molecule has 2 rings (SSSR count). The van der Waals surface area contributed by atoms with E-state index in [1.807, 2.05) is 11.0 Å². The summed E-state index contributed by atoms with van der Waals surface area (Å²) in [6.45, 7) is 16.5. The monoisotopic (exact) mass is 846 g/mol. The van der Waals surface area contributed by atoms with Crippen molar-refractivity contribution >= 4 is 100 Å². The molecule has 0 spiro atoms. The third-order valence-electron chi connectivity index (χ3n) is 8.13. The first kappa shape index (κ1) is 41.4. The van der Waals surface area contributed by atoms with Crippen LogP contribution in [-0.2, 0) is 18.8 Å². The SMILES string of the molecule is C.C/C(=C\I)[C@@H]1O[C@H](CCOB(P)S)[C@H](C)[C@H](C)[C@H]1C.C/C(=C\I)[C@@H]1O[C@H](CCOB(P)S)[C@H](C)[C@H](O)[C@H]1C.